The normalized spacial score (nSPS) is 11.0. The number of hydrogen-bond acceptors (Lipinski definition) is 4. The molecule has 0 aliphatic heterocycles. The van der Waals surface area contributed by atoms with Crippen LogP contribution in [0.15, 0.2) is 36.5 Å². The average molecular weight is 379 g/mol. The van der Waals surface area contributed by atoms with Crippen LogP contribution in [0, 0.1) is 17.5 Å². The Kier molecular flexibility index (Phi) is 5.08. The first-order chi connectivity index (χ1) is 12.4. The Morgan fingerprint density at radius 1 is 1.00 bits per heavy atom. The molecule has 3 rings (SSSR count). The molecule has 0 saturated heterocycles. The van der Waals surface area contributed by atoms with Crippen LogP contribution in [0.2, 0.25) is 5.15 Å². The van der Waals surface area contributed by atoms with E-state index in [-0.39, 0.29) is 28.4 Å². The summed E-state index contributed by atoms with van der Waals surface area (Å²) in [4.78, 5) is 12.6. The number of benzene rings is 1. The van der Waals surface area contributed by atoms with Crippen molar-refractivity contribution in [3.8, 4) is 22.6 Å². The van der Waals surface area contributed by atoms with Crippen molar-refractivity contribution < 1.29 is 13.2 Å². The van der Waals surface area contributed by atoms with Crippen LogP contribution in [-0.2, 0) is 0 Å². The third kappa shape index (κ3) is 3.62. The van der Waals surface area contributed by atoms with Gasteiger partial charge in [0.05, 0.1) is 11.1 Å². The maximum absolute atomic E-state index is 14.3. The first-order valence-corrected chi connectivity index (χ1v) is 8.15. The molecule has 0 spiro atoms. The number of nitrogens with zero attached hydrogens (tertiary/aromatic N) is 3. The molecule has 2 aromatic heterocycles. The second-order valence-electron chi connectivity index (χ2n) is 5.82. The molecule has 0 bridgehead atoms. The number of aromatic nitrogens is 3. The largest absolute Gasteiger partial charge is 0.367 e. The molecule has 0 aliphatic rings. The predicted octanol–water partition coefficient (Wildman–Crippen LogP) is 5.10. The van der Waals surface area contributed by atoms with E-state index in [2.05, 4.69) is 20.3 Å². The Labute approximate surface area is 153 Å². The molecule has 0 radical (unpaired) electrons. The lowest BCUT2D eigenvalue weighted by Gasteiger charge is -2.17. The lowest BCUT2D eigenvalue weighted by Crippen LogP contribution is -2.14. The topological polar surface area (TPSA) is 50.7 Å². The van der Waals surface area contributed by atoms with Gasteiger partial charge in [0, 0.05) is 24.4 Å². The van der Waals surface area contributed by atoms with E-state index in [0.29, 0.717) is 17.8 Å². The van der Waals surface area contributed by atoms with E-state index in [1.165, 1.54) is 0 Å². The van der Waals surface area contributed by atoms with Gasteiger partial charge in [0.15, 0.2) is 5.82 Å². The van der Waals surface area contributed by atoms with Crippen LogP contribution in [0.25, 0.3) is 22.6 Å². The fraction of sp³-hybridized carbons (Fsp3) is 0.167. The van der Waals surface area contributed by atoms with Gasteiger partial charge in [-0.2, -0.15) is 0 Å². The number of nitrogens with one attached hydrogen (secondary N) is 1. The SMILES string of the molecule is CC(C)Nc1nc(-c2ccccn2)nc(Cl)c1-c1c(F)cc(F)cc1F. The van der Waals surface area contributed by atoms with Crippen molar-refractivity contribution in [2.45, 2.75) is 19.9 Å². The van der Waals surface area contributed by atoms with Crippen LogP contribution in [0.4, 0.5) is 19.0 Å². The van der Waals surface area contributed by atoms with Gasteiger partial charge in [0.2, 0.25) is 0 Å². The molecule has 0 fully saturated rings. The lowest BCUT2D eigenvalue weighted by atomic mass is 10.1. The standard InChI is InChI=1S/C18H14ClF3N4/c1-9(2)24-18-15(14-11(21)7-10(20)8-12(14)22)16(19)25-17(26-18)13-5-3-4-6-23-13/h3-9H,1-2H3,(H,24,25,26). The predicted molar refractivity (Wildman–Crippen MR) is 94.3 cm³/mol. The summed E-state index contributed by atoms with van der Waals surface area (Å²) in [6.07, 6.45) is 1.56. The van der Waals surface area contributed by atoms with Gasteiger partial charge < -0.3 is 5.32 Å². The zero-order chi connectivity index (χ0) is 18.8. The molecular formula is C18H14ClF3N4. The number of rotatable bonds is 4. The number of anilines is 1. The van der Waals surface area contributed by atoms with Crippen LogP contribution < -0.4 is 5.32 Å². The summed E-state index contributed by atoms with van der Waals surface area (Å²) in [5.41, 5.74) is -0.116. The summed E-state index contributed by atoms with van der Waals surface area (Å²) in [5.74, 6) is -2.88. The zero-order valence-corrected chi connectivity index (χ0v) is 14.7. The van der Waals surface area contributed by atoms with Crippen molar-refractivity contribution in [1.82, 2.24) is 15.0 Å². The summed E-state index contributed by atoms with van der Waals surface area (Å²) < 4.78 is 41.8. The minimum Gasteiger partial charge on any atom is -0.367 e. The second kappa shape index (κ2) is 7.29. The van der Waals surface area contributed by atoms with Crippen molar-refractivity contribution in [1.29, 1.82) is 0 Å². The molecule has 3 aromatic rings. The van der Waals surface area contributed by atoms with Gasteiger partial charge in [-0.3, -0.25) is 4.98 Å². The van der Waals surface area contributed by atoms with Crippen molar-refractivity contribution >= 4 is 17.4 Å². The van der Waals surface area contributed by atoms with Gasteiger partial charge in [-0.25, -0.2) is 23.1 Å². The van der Waals surface area contributed by atoms with Gasteiger partial charge in [0.1, 0.15) is 34.1 Å². The van der Waals surface area contributed by atoms with Crippen LogP contribution >= 0.6 is 11.6 Å². The van der Waals surface area contributed by atoms with Crippen molar-refractivity contribution in [2.24, 2.45) is 0 Å². The Morgan fingerprint density at radius 3 is 2.27 bits per heavy atom. The van der Waals surface area contributed by atoms with E-state index < -0.39 is 23.0 Å². The van der Waals surface area contributed by atoms with Gasteiger partial charge in [-0.1, -0.05) is 17.7 Å². The molecular weight excluding hydrogens is 365 g/mol. The van der Waals surface area contributed by atoms with Crippen molar-refractivity contribution in [3.63, 3.8) is 0 Å². The highest BCUT2D eigenvalue weighted by atomic mass is 35.5. The summed E-state index contributed by atoms with van der Waals surface area (Å²) in [7, 11) is 0. The Bertz CT molecular complexity index is 926. The van der Waals surface area contributed by atoms with Crippen LogP contribution in [0.1, 0.15) is 13.8 Å². The van der Waals surface area contributed by atoms with E-state index in [1.54, 1.807) is 24.4 Å². The highest BCUT2D eigenvalue weighted by Crippen LogP contribution is 2.37. The smallest absolute Gasteiger partial charge is 0.181 e. The van der Waals surface area contributed by atoms with Gasteiger partial charge in [0.25, 0.3) is 0 Å². The molecule has 2 heterocycles. The average Bonchev–Trinajstić information content (AvgIpc) is 2.56. The maximum atomic E-state index is 14.3. The summed E-state index contributed by atoms with van der Waals surface area (Å²) in [5, 5.41) is 2.83. The molecule has 1 N–H and O–H groups in total. The number of halogens is 4. The lowest BCUT2D eigenvalue weighted by molar-refractivity contribution is 0.548. The molecule has 0 amide bonds. The Hall–Kier alpha value is -2.67. The minimum atomic E-state index is -1.09. The van der Waals surface area contributed by atoms with Crippen LogP contribution in [0.3, 0.4) is 0 Å². The van der Waals surface area contributed by atoms with E-state index in [0.717, 1.165) is 0 Å². The molecule has 0 aliphatic carbocycles. The van der Waals surface area contributed by atoms with Crippen LogP contribution in [-0.4, -0.2) is 21.0 Å². The third-order valence-electron chi connectivity index (χ3n) is 3.44. The van der Waals surface area contributed by atoms with Gasteiger partial charge >= 0.3 is 0 Å². The molecule has 4 nitrogen and oxygen atoms in total. The van der Waals surface area contributed by atoms with Crippen LogP contribution in [0.5, 0.6) is 0 Å². The first-order valence-electron chi connectivity index (χ1n) is 7.77. The quantitative estimate of drug-likeness (QED) is 0.642. The molecule has 0 atom stereocenters. The highest BCUT2D eigenvalue weighted by Gasteiger charge is 2.23. The van der Waals surface area contributed by atoms with Gasteiger partial charge in [-0.15, -0.1) is 0 Å². The monoisotopic (exact) mass is 378 g/mol. The van der Waals surface area contributed by atoms with E-state index in [1.807, 2.05) is 13.8 Å². The fourth-order valence-electron chi connectivity index (χ4n) is 2.42. The molecule has 26 heavy (non-hydrogen) atoms. The molecule has 1 aromatic carbocycles. The molecule has 134 valence electrons. The second-order valence-corrected chi connectivity index (χ2v) is 6.18. The van der Waals surface area contributed by atoms with E-state index in [4.69, 9.17) is 11.6 Å². The fourth-order valence-corrected chi connectivity index (χ4v) is 2.69. The Morgan fingerprint density at radius 2 is 1.69 bits per heavy atom. The third-order valence-corrected chi connectivity index (χ3v) is 3.71. The van der Waals surface area contributed by atoms with Crippen molar-refractivity contribution in [3.05, 3.63) is 59.1 Å². The molecule has 8 heteroatoms. The summed E-state index contributed by atoms with van der Waals surface area (Å²) in [6.45, 7) is 3.66. The highest BCUT2D eigenvalue weighted by molar-refractivity contribution is 6.32. The summed E-state index contributed by atoms with van der Waals surface area (Å²) in [6, 6.07) is 6.23. The minimum absolute atomic E-state index is 0.0740. The number of pyridine rings is 1. The van der Waals surface area contributed by atoms with Crippen molar-refractivity contribution in [2.75, 3.05) is 5.32 Å². The first kappa shape index (κ1) is 18.1. The number of hydrogen-bond donors (Lipinski definition) is 1. The molecule has 0 unspecified atom stereocenters. The maximum Gasteiger partial charge on any atom is 0.181 e. The summed E-state index contributed by atoms with van der Waals surface area (Å²) >= 11 is 6.24. The zero-order valence-electron chi connectivity index (χ0n) is 13.9. The van der Waals surface area contributed by atoms with Gasteiger partial charge in [-0.05, 0) is 26.0 Å². The molecule has 0 saturated carbocycles. The van der Waals surface area contributed by atoms with E-state index in [9.17, 15) is 13.2 Å². The Balaban J connectivity index is 2.26. The van der Waals surface area contributed by atoms with E-state index >= 15 is 0 Å².